The van der Waals surface area contributed by atoms with Gasteiger partial charge in [-0.25, -0.2) is 0 Å². The smallest absolute Gasteiger partial charge is 0.294 e. The van der Waals surface area contributed by atoms with Crippen LogP contribution in [0.5, 0.6) is 5.75 Å². The third-order valence-electron chi connectivity index (χ3n) is 2.59. The molecule has 0 aliphatic heterocycles. The lowest BCUT2D eigenvalue weighted by Gasteiger charge is -2.12. The summed E-state index contributed by atoms with van der Waals surface area (Å²) >= 11 is 0. The van der Waals surface area contributed by atoms with Gasteiger partial charge in [-0.3, -0.25) is 9.59 Å². The Morgan fingerprint density at radius 3 is 2.18 bits per heavy atom. The van der Waals surface area contributed by atoms with E-state index < -0.39 is 11.7 Å². The van der Waals surface area contributed by atoms with Crippen molar-refractivity contribution >= 4 is 11.7 Å². The molecule has 1 amide bonds. The first kappa shape index (κ1) is 13.2. The molecule has 17 heavy (non-hydrogen) atoms. The van der Waals surface area contributed by atoms with E-state index in [1.54, 1.807) is 40.3 Å². The molecule has 92 valence electrons. The summed E-state index contributed by atoms with van der Waals surface area (Å²) in [7, 11) is 4.70. The lowest BCUT2D eigenvalue weighted by Crippen LogP contribution is -2.30. The second-order valence-corrected chi connectivity index (χ2v) is 4.17. The maximum absolute atomic E-state index is 11.9. The van der Waals surface area contributed by atoms with Crippen LogP contribution in [0.4, 0.5) is 0 Å². The van der Waals surface area contributed by atoms with Crippen LogP contribution in [0.1, 0.15) is 21.5 Å². The zero-order valence-corrected chi connectivity index (χ0v) is 10.8. The van der Waals surface area contributed by atoms with Gasteiger partial charge in [-0.15, -0.1) is 0 Å². The van der Waals surface area contributed by atoms with Gasteiger partial charge in [-0.1, -0.05) is 0 Å². The van der Waals surface area contributed by atoms with Crippen LogP contribution in [0, 0.1) is 13.8 Å². The van der Waals surface area contributed by atoms with Crippen molar-refractivity contribution in [2.75, 3.05) is 21.2 Å². The minimum atomic E-state index is -0.516. The molecule has 0 fully saturated rings. The molecule has 0 heterocycles. The summed E-state index contributed by atoms with van der Waals surface area (Å²) in [6, 6.07) is 3.46. The van der Waals surface area contributed by atoms with Crippen molar-refractivity contribution in [3.63, 3.8) is 0 Å². The fourth-order valence-electron chi connectivity index (χ4n) is 1.57. The van der Waals surface area contributed by atoms with Crippen LogP contribution in [0.2, 0.25) is 0 Å². The highest BCUT2D eigenvalue weighted by molar-refractivity contribution is 6.43. The number of nitrogens with zero attached hydrogens (tertiary/aromatic N) is 1. The van der Waals surface area contributed by atoms with Crippen molar-refractivity contribution in [3.8, 4) is 5.75 Å². The lowest BCUT2D eigenvalue weighted by molar-refractivity contribution is -0.124. The molecule has 0 radical (unpaired) electrons. The van der Waals surface area contributed by atoms with Gasteiger partial charge in [0.1, 0.15) is 5.75 Å². The number of carbonyl (C=O) groups excluding carboxylic acids is 2. The third kappa shape index (κ3) is 2.64. The molecule has 4 heteroatoms. The maximum Gasteiger partial charge on any atom is 0.294 e. The number of hydrogen-bond donors (Lipinski definition) is 0. The molecule has 1 rings (SSSR count). The minimum absolute atomic E-state index is 0.432. The number of carbonyl (C=O) groups is 2. The Hall–Kier alpha value is -1.84. The standard InChI is InChI=1S/C13H17NO3/c1-8-7-11(17-5)9(2)6-10(8)12(15)13(16)14(3)4/h6-7H,1-5H3. The van der Waals surface area contributed by atoms with E-state index in [4.69, 9.17) is 4.74 Å². The number of ether oxygens (including phenoxy) is 1. The molecule has 0 aromatic heterocycles. The van der Waals surface area contributed by atoms with E-state index in [0.717, 1.165) is 16.9 Å². The number of hydrogen-bond acceptors (Lipinski definition) is 3. The molecule has 1 aromatic rings. The van der Waals surface area contributed by atoms with Gasteiger partial charge in [0.05, 0.1) is 7.11 Å². The van der Waals surface area contributed by atoms with Crippen molar-refractivity contribution in [1.82, 2.24) is 4.90 Å². The number of likely N-dealkylation sites (N-methyl/N-ethyl adjacent to an activating group) is 1. The molecule has 4 nitrogen and oxygen atoms in total. The van der Waals surface area contributed by atoms with E-state index in [9.17, 15) is 9.59 Å². The predicted octanol–water partition coefficient (Wildman–Crippen LogP) is 1.58. The van der Waals surface area contributed by atoms with E-state index in [1.165, 1.54) is 4.90 Å². The van der Waals surface area contributed by atoms with Crippen LogP contribution >= 0.6 is 0 Å². The van der Waals surface area contributed by atoms with Crippen molar-refractivity contribution in [3.05, 3.63) is 28.8 Å². The first-order valence-electron chi connectivity index (χ1n) is 5.29. The number of benzene rings is 1. The number of methoxy groups -OCH3 is 1. The number of rotatable bonds is 3. The molecular formula is C13H17NO3. The van der Waals surface area contributed by atoms with Gasteiger partial charge in [0, 0.05) is 19.7 Å². The average molecular weight is 235 g/mol. The van der Waals surface area contributed by atoms with Crippen LogP contribution in [0.25, 0.3) is 0 Å². The molecule has 0 bridgehead atoms. The van der Waals surface area contributed by atoms with E-state index >= 15 is 0 Å². The van der Waals surface area contributed by atoms with Crippen molar-refractivity contribution in [2.24, 2.45) is 0 Å². The normalized spacial score (nSPS) is 9.94. The van der Waals surface area contributed by atoms with Gasteiger partial charge in [-0.2, -0.15) is 0 Å². The van der Waals surface area contributed by atoms with Crippen molar-refractivity contribution < 1.29 is 14.3 Å². The molecule has 0 aliphatic carbocycles. The largest absolute Gasteiger partial charge is 0.496 e. The second-order valence-electron chi connectivity index (χ2n) is 4.17. The Morgan fingerprint density at radius 1 is 1.12 bits per heavy atom. The predicted molar refractivity (Wildman–Crippen MR) is 65.5 cm³/mol. The SMILES string of the molecule is COc1cc(C)c(C(=O)C(=O)N(C)C)cc1C. The van der Waals surface area contributed by atoms with Crippen LogP contribution in [0.3, 0.4) is 0 Å². The van der Waals surface area contributed by atoms with Crippen LogP contribution in [0.15, 0.2) is 12.1 Å². The van der Waals surface area contributed by atoms with Gasteiger partial charge < -0.3 is 9.64 Å². The quantitative estimate of drug-likeness (QED) is 0.590. The topological polar surface area (TPSA) is 46.6 Å². The second kappa shape index (κ2) is 4.99. The van der Waals surface area contributed by atoms with Crippen LogP contribution in [-0.2, 0) is 4.79 Å². The van der Waals surface area contributed by atoms with Gasteiger partial charge in [0.25, 0.3) is 11.7 Å². The maximum atomic E-state index is 11.9. The number of Topliss-reactive ketones (excluding diaryl/α,β-unsaturated/α-hetero) is 1. The van der Waals surface area contributed by atoms with Gasteiger partial charge >= 0.3 is 0 Å². The summed E-state index contributed by atoms with van der Waals surface area (Å²) in [4.78, 5) is 24.8. The zero-order chi connectivity index (χ0) is 13.2. The zero-order valence-electron chi connectivity index (χ0n) is 10.8. The molecule has 0 spiro atoms. The molecule has 0 saturated heterocycles. The average Bonchev–Trinajstić information content (AvgIpc) is 2.29. The Balaban J connectivity index is 3.20. The highest BCUT2D eigenvalue weighted by Gasteiger charge is 2.20. The first-order chi connectivity index (χ1) is 7.88. The molecule has 0 aliphatic rings. The van der Waals surface area contributed by atoms with E-state index in [-0.39, 0.29) is 0 Å². The van der Waals surface area contributed by atoms with E-state index in [1.807, 2.05) is 6.92 Å². The lowest BCUT2D eigenvalue weighted by atomic mass is 10.0. The molecular weight excluding hydrogens is 218 g/mol. The fourth-order valence-corrected chi connectivity index (χ4v) is 1.57. The number of aryl methyl sites for hydroxylation is 2. The minimum Gasteiger partial charge on any atom is -0.496 e. The summed E-state index contributed by atoms with van der Waals surface area (Å²) < 4.78 is 5.16. The number of ketones is 1. The molecule has 0 saturated carbocycles. The Bertz CT molecular complexity index is 464. The summed E-state index contributed by atoms with van der Waals surface area (Å²) in [6.45, 7) is 3.63. The Morgan fingerprint density at radius 2 is 1.71 bits per heavy atom. The number of amides is 1. The fraction of sp³-hybridized carbons (Fsp3) is 0.385. The molecule has 0 atom stereocenters. The monoisotopic (exact) mass is 235 g/mol. The van der Waals surface area contributed by atoms with Gasteiger partial charge in [0.15, 0.2) is 0 Å². The van der Waals surface area contributed by atoms with Gasteiger partial charge in [0.2, 0.25) is 0 Å². The first-order valence-corrected chi connectivity index (χ1v) is 5.29. The Kier molecular flexibility index (Phi) is 3.89. The summed E-state index contributed by atoms with van der Waals surface area (Å²) in [5.74, 6) is -0.285. The van der Waals surface area contributed by atoms with Crippen LogP contribution < -0.4 is 4.74 Å². The highest BCUT2D eigenvalue weighted by atomic mass is 16.5. The van der Waals surface area contributed by atoms with Gasteiger partial charge in [-0.05, 0) is 37.1 Å². The third-order valence-corrected chi connectivity index (χ3v) is 2.59. The van der Waals surface area contributed by atoms with E-state index in [0.29, 0.717) is 5.56 Å². The van der Waals surface area contributed by atoms with Crippen molar-refractivity contribution in [2.45, 2.75) is 13.8 Å². The summed E-state index contributed by atoms with van der Waals surface area (Å²) in [5, 5.41) is 0. The van der Waals surface area contributed by atoms with Crippen molar-refractivity contribution in [1.29, 1.82) is 0 Å². The molecule has 0 unspecified atom stereocenters. The highest BCUT2D eigenvalue weighted by Crippen LogP contribution is 2.23. The summed E-state index contributed by atoms with van der Waals surface area (Å²) in [6.07, 6.45) is 0. The molecule has 1 aromatic carbocycles. The summed E-state index contributed by atoms with van der Waals surface area (Å²) in [5.41, 5.74) is 2.02. The van der Waals surface area contributed by atoms with E-state index in [2.05, 4.69) is 0 Å². The Labute approximate surface area is 101 Å². The molecule has 0 N–H and O–H groups in total. The van der Waals surface area contributed by atoms with Crippen LogP contribution in [-0.4, -0.2) is 37.8 Å².